The molecule has 1 saturated heterocycles. The highest BCUT2D eigenvalue weighted by molar-refractivity contribution is 6.00. The lowest BCUT2D eigenvalue weighted by atomic mass is 10.0. The largest absolute Gasteiger partial charge is 0.460 e. The summed E-state index contributed by atoms with van der Waals surface area (Å²) in [6.07, 6.45) is 0. The number of H-pyrrole nitrogens is 1. The molecule has 2 aromatic rings. The number of nitrogens with zero attached hydrogens (tertiary/aromatic N) is 2. The minimum atomic E-state index is -0.430. The summed E-state index contributed by atoms with van der Waals surface area (Å²) >= 11 is 0. The zero-order valence-corrected chi connectivity index (χ0v) is 19.9. The predicted molar refractivity (Wildman–Crippen MR) is 124 cm³/mol. The number of aryl methyl sites for hydroxylation is 1. The van der Waals surface area contributed by atoms with Crippen LogP contribution < -0.4 is 0 Å². The molecule has 1 fully saturated rings. The topological polar surface area (TPSA) is 74.9 Å². The van der Waals surface area contributed by atoms with E-state index in [-0.39, 0.29) is 12.5 Å². The van der Waals surface area contributed by atoms with Crippen LogP contribution in [0.5, 0.6) is 0 Å². The van der Waals surface area contributed by atoms with Gasteiger partial charge in [0.05, 0.1) is 12.2 Å². The molecule has 2 heterocycles. The van der Waals surface area contributed by atoms with Crippen LogP contribution in [0.1, 0.15) is 63.0 Å². The molecule has 1 aliphatic rings. The SMILES string of the molecule is COCCOC(=O)c1c(C)[nH]c(C(=O)N2CCN(Cc3ccc(C(C)C)cc3)CC2)c1C. The molecule has 1 N–H and O–H groups in total. The summed E-state index contributed by atoms with van der Waals surface area (Å²) < 4.78 is 10.2. The van der Waals surface area contributed by atoms with Crippen molar-refractivity contribution in [2.24, 2.45) is 0 Å². The van der Waals surface area contributed by atoms with Crippen molar-refractivity contribution in [3.05, 3.63) is 57.9 Å². The van der Waals surface area contributed by atoms with Crippen molar-refractivity contribution < 1.29 is 19.1 Å². The maximum absolute atomic E-state index is 13.1. The molecule has 32 heavy (non-hydrogen) atoms. The normalized spacial score (nSPS) is 14.8. The molecule has 0 atom stereocenters. The molecule has 1 aromatic heterocycles. The first kappa shape index (κ1) is 24.0. The number of aromatic amines is 1. The Morgan fingerprint density at radius 3 is 2.28 bits per heavy atom. The number of hydrogen-bond donors (Lipinski definition) is 1. The third-order valence-electron chi connectivity index (χ3n) is 6.09. The van der Waals surface area contributed by atoms with Gasteiger partial charge in [-0.15, -0.1) is 0 Å². The van der Waals surface area contributed by atoms with E-state index in [0.29, 0.717) is 48.1 Å². The fraction of sp³-hybridized carbons (Fsp3) is 0.520. The molecule has 7 nitrogen and oxygen atoms in total. The van der Waals surface area contributed by atoms with E-state index in [1.54, 1.807) is 21.0 Å². The highest BCUT2D eigenvalue weighted by Gasteiger charge is 2.28. The molecule has 0 saturated carbocycles. The van der Waals surface area contributed by atoms with E-state index in [0.717, 1.165) is 19.6 Å². The van der Waals surface area contributed by atoms with Crippen LogP contribution in [0.4, 0.5) is 0 Å². The van der Waals surface area contributed by atoms with Crippen LogP contribution >= 0.6 is 0 Å². The van der Waals surface area contributed by atoms with E-state index in [9.17, 15) is 9.59 Å². The van der Waals surface area contributed by atoms with Gasteiger partial charge in [0, 0.05) is 45.5 Å². The highest BCUT2D eigenvalue weighted by Crippen LogP contribution is 2.22. The molecule has 1 aliphatic heterocycles. The fourth-order valence-electron chi connectivity index (χ4n) is 4.09. The number of nitrogens with one attached hydrogen (secondary N) is 1. The van der Waals surface area contributed by atoms with Gasteiger partial charge in [-0.2, -0.15) is 0 Å². The lowest BCUT2D eigenvalue weighted by molar-refractivity contribution is 0.0387. The second kappa shape index (κ2) is 10.8. The number of methoxy groups -OCH3 is 1. The monoisotopic (exact) mass is 441 g/mol. The molecule has 0 spiro atoms. The van der Waals surface area contributed by atoms with E-state index in [2.05, 4.69) is 48.0 Å². The van der Waals surface area contributed by atoms with Crippen LogP contribution in [0.2, 0.25) is 0 Å². The number of esters is 1. The van der Waals surface area contributed by atoms with Gasteiger partial charge in [-0.1, -0.05) is 38.1 Å². The summed E-state index contributed by atoms with van der Waals surface area (Å²) in [7, 11) is 1.56. The Morgan fingerprint density at radius 1 is 1.03 bits per heavy atom. The van der Waals surface area contributed by atoms with Crippen LogP contribution in [0.25, 0.3) is 0 Å². The standard InChI is InChI=1S/C25H35N3O4/c1-17(2)21-8-6-20(7-9-21)16-27-10-12-28(13-11-27)24(29)23-18(3)22(19(4)26-23)25(30)32-15-14-31-5/h6-9,17,26H,10-16H2,1-5H3. The van der Waals surface area contributed by atoms with Crippen molar-refractivity contribution in [2.75, 3.05) is 46.5 Å². The van der Waals surface area contributed by atoms with Crippen LogP contribution in [0, 0.1) is 13.8 Å². The molecular weight excluding hydrogens is 406 g/mol. The number of benzene rings is 1. The van der Waals surface area contributed by atoms with Crippen molar-refractivity contribution in [3.8, 4) is 0 Å². The number of ether oxygens (including phenoxy) is 2. The molecule has 174 valence electrons. The summed E-state index contributed by atoms with van der Waals surface area (Å²) in [5.74, 6) is 0.0366. The maximum atomic E-state index is 13.1. The van der Waals surface area contributed by atoms with Gasteiger partial charge < -0.3 is 19.4 Å². The fourth-order valence-corrected chi connectivity index (χ4v) is 4.09. The Bertz CT molecular complexity index is 925. The molecule has 0 unspecified atom stereocenters. The van der Waals surface area contributed by atoms with Crippen molar-refractivity contribution in [1.82, 2.24) is 14.8 Å². The molecular formula is C25H35N3O4. The van der Waals surface area contributed by atoms with Gasteiger partial charge in [-0.25, -0.2) is 4.79 Å². The Kier molecular flexibility index (Phi) is 8.10. The van der Waals surface area contributed by atoms with Gasteiger partial charge in [0.25, 0.3) is 5.91 Å². The van der Waals surface area contributed by atoms with Gasteiger partial charge in [0.15, 0.2) is 0 Å². The second-order valence-corrected chi connectivity index (χ2v) is 8.72. The molecule has 0 aliphatic carbocycles. The Balaban J connectivity index is 1.58. The summed E-state index contributed by atoms with van der Waals surface area (Å²) in [5, 5.41) is 0. The Morgan fingerprint density at radius 2 is 1.69 bits per heavy atom. The van der Waals surface area contributed by atoms with Crippen molar-refractivity contribution >= 4 is 11.9 Å². The number of piperazine rings is 1. The van der Waals surface area contributed by atoms with Crippen LogP contribution in [0.3, 0.4) is 0 Å². The van der Waals surface area contributed by atoms with E-state index in [4.69, 9.17) is 9.47 Å². The third kappa shape index (κ3) is 5.58. The lowest BCUT2D eigenvalue weighted by Gasteiger charge is -2.34. The van der Waals surface area contributed by atoms with Gasteiger partial charge in [0.1, 0.15) is 12.3 Å². The number of amides is 1. The maximum Gasteiger partial charge on any atom is 0.340 e. The molecule has 1 aromatic carbocycles. The third-order valence-corrected chi connectivity index (χ3v) is 6.09. The van der Waals surface area contributed by atoms with E-state index >= 15 is 0 Å². The molecule has 3 rings (SSSR count). The number of carbonyl (C=O) groups is 2. The predicted octanol–water partition coefficient (Wildman–Crippen LogP) is 3.52. The van der Waals surface area contributed by atoms with Gasteiger partial charge in [0.2, 0.25) is 0 Å². The number of hydrogen-bond acceptors (Lipinski definition) is 5. The second-order valence-electron chi connectivity index (χ2n) is 8.72. The molecule has 1 amide bonds. The van der Waals surface area contributed by atoms with E-state index < -0.39 is 5.97 Å². The average Bonchev–Trinajstić information content (AvgIpc) is 3.08. The van der Waals surface area contributed by atoms with Crippen LogP contribution in [-0.4, -0.2) is 73.2 Å². The van der Waals surface area contributed by atoms with E-state index in [1.807, 2.05) is 4.90 Å². The first-order chi connectivity index (χ1) is 15.3. The highest BCUT2D eigenvalue weighted by atomic mass is 16.6. The minimum Gasteiger partial charge on any atom is -0.460 e. The zero-order valence-electron chi connectivity index (χ0n) is 19.9. The first-order valence-corrected chi connectivity index (χ1v) is 11.3. The number of rotatable bonds is 8. The lowest BCUT2D eigenvalue weighted by Crippen LogP contribution is -2.48. The summed E-state index contributed by atoms with van der Waals surface area (Å²) in [4.78, 5) is 32.9. The minimum absolute atomic E-state index is 0.0672. The number of aromatic nitrogens is 1. The van der Waals surface area contributed by atoms with Crippen molar-refractivity contribution in [3.63, 3.8) is 0 Å². The Labute approximate surface area is 190 Å². The first-order valence-electron chi connectivity index (χ1n) is 11.3. The average molecular weight is 442 g/mol. The zero-order chi connectivity index (χ0) is 23.3. The van der Waals surface area contributed by atoms with Crippen molar-refractivity contribution in [2.45, 2.75) is 40.2 Å². The van der Waals surface area contributed by atoms with E-state index in [1.165, 1.54) is 11.1 Å². The quantitative estimate of drug-likeness (QED) is 0.501. The van der Waals surface area contributed by atoms with Crippen LogP contribution in [0.15, 0.2) is 24.3 Å². The van der Waals surface area contributed by atoms with Crippen LogP contribution in [-0.2, 0) is 16.0 Å². The molecule has 0 radical (unpaired) electrons. The van der Waals surface area contributed by atoms with Gasteiger partial charge >= 0.3 is 5.97 Å². The summed E-state index contributed by atoms with van der Waals surface area (Å²) in [6.45, 7) is 12.4. The van der Waals surface area contributed by atoms with Gasteiger partial charge in [-0.05, 0) is 36.5 Å². The Hall–Kier alpha value is -2.64. The smallest absolute Gasteiger partial charge is 0.340 e. The summed E-state index contributed by atoms with van der Waals surface area (Å²) in [5.41, 5.74) is 4.84. The molecule has 7 heteroatoms. The van der Waals surface area contributed by atoms with Gasteiger partial charge in [-0.3, -0.25) is 9.69 Å². The number of carbonyl (C=O) groups excluding carboxylic acids is 2. The summed E-state index contributed by atoms with van der Waals surface area (Å²) in [6, 6.07) is 8.80. The van der Waals surface area contributed by atoms with Crippen molar-refractivity contribution in [1.29, 1.82) is 0 Å². The molecule has 0 bridgehead atoms.